The van der Waals surface area contributed by atoms with Gasteiger partial charge in [0, 0.05) is 16.8 Å². The molecule has 0 unspecified atom stereocenters. The summed E-state index contributed by atoms with van der Waals surface area (Å²) < 4.78 is 6.29. The fourth-order valence-corrected chi connectivity index (χ4v) is 4.87. The molecule has 0 saturated heterocycles. The number of hydrogen-bond donors (Lipinski definition) is 1. The molecule has 128 valence electrons. The summed E-state index contributed by atoms with van der Waals surface area (Å²) >= 11 is 0. The highest BCUT2D eigenvalue weighted by molar-refractivity contribution is 5.88. The molecule has 0 saturated carbocycles. The Morgan fingerprint density at radius 1 is 0.556 bits per heavy atom. The predicted molar refractivity (Wildman–Crippen MR) is 108 cm³/mol. The van der Waals surface area contributed by atoms with E-state index in [0.717, 1.165) is 22.7 Å². The number of nitrogen functional groups attached to an aromatic ring is 1. The number of para-hydroxylation sites is 1. The minimum absolute atomic E-state index is 0.410. The fraction of sp³-hybridized carbons (Fsp3) is 0.0400. The van der Waals surface area contributed by atoms with Gasteiger partial charge in [-0.05, 0) is 46.5 Å². The van der Waals surface area contributed by atoms with Gasteiger partial charge in [0.1, 0.15) is 11.5 Å². The van der Waals surface area contributed by atoms with Crippen molar-refractivity contribution in [1.82, 2.24) is 0 Å². The van der Waals surface area contributed by atoms with E-state index < -0.39 is 5.41 Å². The van der Waals surface area contributed by atoms with Crippen LogP contribution >= 0.6 is 0 Å². The van der Waals surface area contributed by atoms with Crippen molar-refractivity contribution >= 4 is 5.69 Å². The summed E-state index contributed by atoms with van der Waals surface area (Å²) in [5, 5.41) is 0. The second-order valence-corrected chi connectivity index (χ2v) is 7.19. The number of benzene rings is 4. The van der Waals surface area contributed by atoms with Crippen LogP contribution in [0.3, 0.4) is 0 Å². The zero-order chi connectivity index (χ0) is 18.0. The van der Waals surface area contributed by atoms with Crippen LogP contribution in [0.5, 0.6) is 11.5 Å². The van der Waals surface area contributed by atoms with Crippen LogP contribution in [-0.2, 0) is 5.41 Å². The van der Waals surface area contributed by atoms with E-state index in [1.54, 1.807) is 0 Å². The van der Waals surface area contributed by atoms with Crippen molar-refractivity contribution in [3.63, 3.8) is 0 Å². The summed E-state index contributed by atoms with van der Waals surface area (Å²) in [6.07, 6.45) is 0. The highest BCUT2D eigenvalue weighted by Gasteiger charge is 2.50. The van der Waals surface area contributed by atoms with Crippen molar-refractivity contribution in [2.24, 2.45) is 0 Å². The highest BCUT2D eigenvalue weighted by Crippen LogP contribution is 2.61. The van der Waals surface area contributed by atoms with Crippen LogP contribution in [0.4, 0.5) is 5.69 Å². The molecule has 1 heterocycles. The summed E-state index contributed by atoms with van der Waals surface area (Å²) in [5.41, 5.74) is 14.0. The zero-order valence-corrected chi connectivity index (χ0v) is 14.6. The number of rotatable bonds is 0. The van der Waals surface area contributed by atoms with E-state index in [-0.39, 0.29) is 0 Å². The first-order valence-corrected chi connectivity index (χ1v) is 9.17. The Morgan fingerprint density at radius 2 is 1.11 bits per heavy atom. The lowest BCUT2D eigenvalue weighted by atomic mass is 9.66. The zero-order valence-electron chi connectivity index (χ0n) is 14.6. The van der Waals surface area contributed by atoms with Gasteiger partial charge in [-0.3, -0.25) is 0 Å². The topological polar surface area (TPSA) is 35.2 Å². The molecule has 2 nitrogen and oxygen atoms in total. The lowest BCUT2D eigenvalue weighted by molar-refractivity contribution is 0.436. The van der Waals surface area contributed by atoms with Crippen LogP contribution in [0.15, 0.2) is 91.0 Å². The number of nitrogens with two attached hydrogens (primary N) is 1. The first kappa shape index (κ1) is 14.6. The normalized spacial score (nSPS) is 14.7. The maximum Gasteiger partial charge on any atom is 0.132 e. The van der Waals surface area contributed by atoms with E-state index in [2.05, 4.69) is 72.8 Å². The van der Waals surface area contributed by atoms with Crippen LogP contribution in [0.1, 0.15) is 22.3 Å². The van der Waals surface area contributed by atoms with E-state index in [0.29, 0.717) is 0 Å². The van der Waals surface area contributed by atoms with E-state index in [1.165, 1.54) is 27.8 Å². The van der Waals surface area contributed by atoms with E-state index >= 15 is 0 Å². The standard InChI is InChI=1S/C25H17NO/c26-16-13-14-24-22(15-16)25(21-11-5-6-12-23(21)27-24)19-9-3-1-7-17(19)18-8-2-4-10-20(18)25/h1-15H,26H2. The molecule has 0 atom stereocenters. The molecule has 0 bridgehead atoms. The van der Waals surface area contributed by atoms with Gasteiger partial charge in [-0.2, -0.15) is 0 Å². The Morgan fingerprint density at radius 3 is 1.81 bits per heavy atom. The molecule has 6 rings (SSSR count). The Balaban J connectivity index is 1.86. The van der Waals surface area contributed by atoms with Gasteiger partial charge in [0.05, 0.1) is 5.41 Å². The van der Waals surface area contributed by atoms with Crippen molar-refractivity contribution in [2.45, 2.75) is 5.41 Å². The van der Waals surface area contributed by atoms with Crippen molar-refractivity contribution in [2.75, 3.05) is 5.73 Å². The third-order valence-electron chi connectivity index (χ3n) is 5.87. The van der Waals surface area contributed by atoms with Gasteiger partial charge in [-0.15, -0.1) is 0 Å². The number of fused-ring (bicyclic) bond motifs is 9. The molecule has 1 aliphatic carbocycles. The van der Waals surface area contributed by atoms with E-state index in [1.807, 2.05) is 18.2 Å². The number of hydrogen-bond acceptors (Lipinski definition) is 2. The smallest absolute Gasteiger partial charge is 0.132 e. The van der Waals surface area contributed by atoms with Crippen molar-refractivity contribution < 1.29 is 4.74 Å². The van der Waals surface area contributed by atoms with Gasteiger partial charge in [0.25, 0.3) is 0 Å². The first-order chi connectivity index (χ1) is 13.3. The van der Waals surface area contributed by atoms with Gasteiger partial charge >= 0.3 is 0 Å². The number of ether oxygens (including phenoxy) is 1. The van der Waals surface area contributed by atoms with Crippen molar-refractivity contribution in [1.29, 1.82) is 0 Å². The quantitative estimate of drug-likeness (QED) is 0.356. The molecule has 2 heteroatoms. The minimum atomic E-state index is -0.410. The van der Waals surface area contributed by atoms with Gasteiger partial charge < -0.3 is 10.5 Å². The molecular weight excluding hydrogens is 330 g/mol. The predicted octanol–water partition coefficient (Wildman–Crippen LogP) is 5.74. The second-order valence-electron chi connectivity index (χ2n) is 7.19. The SMILES string of the molecule is Nc1ccc2c(c1)C1(c3ccccc3O2)c2ccccc2-c2ccccc21. The third-order valence-corrected chi connectivity index (χ3v) is 5.87. The van der Waals surface area contributed by atoms with Gasteiger partial charge in [-0.1, -0.05) is 66.7 Å². The second kappa shape index (κ2) is 5.01. The summed E-state index contributed by atoms with van der Waals surface area (Å²) in [6.45, 7) is 0. The van der Waals surface area contributed by atoms with E-state index in [4.69, 9.17) is 10.5 Å². The molecule has 0 aromatic heterocycles. The highest BCUT2D eigenvalue weighted by atomic mass is 16.5. The maximum atomic E-state index is 6.29. The Kier molecular flexibility index (Phi) is 2.72. The minimum Gasteiger partial charge on any atom is -0.457 e. The molecular formula is C25H17NO. The maximum absolute atomic E-state index is 6.29. The molecule has 1 aliphatic heterocycles. The molecule has 0 radical (unpaired) electrons. The van der Waals surface area contributed by atoms with Crippen LogP contribution in [-0.4, -0.2) is 0 Å². The molecule has 4 aromatic carbocycles. The summed E-state index contributed by atoms with van der Waals surface area (Å²) in [5.74, 6) is 1.77. The van der Waals surface area contributed by atoms with Crippen molar-refractivity contribution in [3.05, 3.63) is 113 Å². The summed E-state index contributed by atoms with van der Waals surface area (Å²) in [7, 11) is 0. The van der Waals surface area contributed by atoms with Crippen LogP contribution in [0.2, 0.25) is 0 Å². The van der Waals surface area contributed by atoms with E-state index in [9.17, 15) is 0 Å². The third kappa shape index (κ3) is 1.70. The summed E-state index contributed by atoms with van der Waals surface area (Å²) in [4.78, 5) is 0. The lowest BCUT2D eigenvalue weighted by Crippen LogP contribution is -2.32. The van der Waals surface area contributed by atoms with Crippen LogP contribution < -0.4 is 10.5 Å². The molecule has 0 fully saturated rings. The average Bonchev–Trinajstić information content (AvgIpc) is 3.01. The summed E-state index contributed by atoms with van der Waals surface area (Å²) in [6, 6.07) is 31.7. The molecule has 1 spiro atoms. The van der Waals surface area contributed by atoms with Crippen LogP contribution in [0, 0.1) is 0 Å². The Labute approximate surface area is 157 Å². The largest absolute Gasteiger partial charge is 0.457 e. The molecule has 4 aromatic rings. The molecule has 2 aliphatic rings. The van der Waals surface area contributed by atoms with Gasteiger partial charge in [0.2, 0.25) is 0 Å². The Bertz CT molecular complexity index is 1180. The molecule has 0 amide bonds. The average molecular weight is 347 g/mol. The number of anilines is 1. The molecule has 2 N–H and O–H groups in total. The van der Waals surface area contributed by atoms with Gasteiger partial charge in [0.15, 0.2) is 0 Å². The van der Waals surface area contributed by atoms with Crippen LogP contribution in [0.25, 0.3) is 11.1 Å². The first-order valence-electron chi connectivity index (χ1n) is 9.17. The Hall–Kier alpha value is -3.52. The van der Waals surface area contributed by atoms with Crippen molar-refractivity contribution in [3.8, 4) is 22.6 Å². The lowest BCUT2D eigenvalue weighted by Gasteiger charge is -2.39. The fourth-order valence-electron chi connectivity index (χ4n) is 4.87. The molecule has 27 heavy (non-hydrogen) atoms. The van der Waals surface area contributed by atoms with Gasteiger partial charge in [-0.25, -0.2) is 0 Å². The monoisotopic (exact) mass is 347 g/mol.